The molecule has 1 atom stereocenters. The van der Waals surface area contributed by atoms with Gasteiger partial charge in [-0.15, -0.1) is 0 Å². The first-order chi connectivity index (χ1) is 14.1. The van der Waals surface area contributed by atoms with Crippen molar-refractivity contribution >= 4 is 5.91 Å². The van der Waals surface area contributed by atoms with Crippen LogP contribution in [0.1, 0.15) is 46.6 Å². The molecular formula is C23H25N3O3. The van der Waals surface area contributed by atoms with Crippen molar-refractivity contribution in [2.45, 2.75) is 25.8 Å². The van der Waals surface area contributed by atoms with Crippen molar-refractivity contribution in [3.05, 3.63) is 70.9 Å². The van der Waals surface area contributed by atoms with Crippen LogP contribution in [0.3, 0.4) is 0 Å². The van der Waals surface area contributed by atoms with E-state index in [2.05, 4.69) is 41.4 Å². The number of hydrogen-bond donors (Lipinski definition) is 2. The summed E-state index contributed by atoms with van der Waals surface area (Å²) >= 11 is 0. The van der Waals surface area contributed by atoms with E-state index in [1.54, 1.807) is 19.2 Å². The number of phenolic OH excluding ortho intramolecular Hbond substituents is 1. The molecule has 3 aromatic rings. The van der Waals surface area contributed by atoms with Crippen LogP contribution < -0.4 is 0 Å². The predicted octanol–water partition coefficient (Wildman–Crippen LogP) is 3.93. The molecule has 1 amide bonds. The van der Waals surface area contributed by atoms with Crippen molar-refractivity contribution in [3.63, 3.8) is 0 Å². The average Bonchev–Trinajstić information content (AvgIpc) is 3.28. The van der Waals surface area contributed by atoms with Crippen LogP contribution in [-0.4, -0.2) is 46.4 Å². The molecule has 2 aromatic carbocycles. The van der Waals surface area contributed by atoms with Crippen LogP contribution in [0.2, 0.25) is 0 Å². The SMILES string of the molecule is CCc1ccc(C2c3c(-c4ccc(O)cc4)n[nH]c3C(=O)N2CCCOC)cc1. The van der Waals surface area contributed by atoms with Gasteiger partial charge in [0.15, 0.2) is 0 Å². The van der Waals surface area contributed by atoms with Crippen molar-refractivity contribution < 1.29 is 14.6 Å². The second kappa shape index (κ2) is 8.09. The fraction of sp³-hybridized carbons (Fsp3) is 0.304. The van der Waals surface area contributed by atoms with Gasteiger partial charge >= 0.3 is 0 Å². The number of ether oxygens (including phenoxy) is 1. The summed E-state index contributed by atoms with van der Waals surface area (Å²) in [6.45, 7) is 3.33. The van der Waals surface area contributed by atoms with Crippen molar-refractivity contribution in [2.24, 2.45) is 0 Å². The highest BCUT2D eigenvalue weighted by atomic mass is 16.5. The first kappa shape index (κ1) is 19.2. The Bertz CT molecular complexity index is 993. The van der Waals surface area contributed by atoms with Gasteiger partial charge in [-0.25, -0.2) is 0 Å². The highest BCUT2D eigenvalue weighted by molar-refractivity contribution is 6.00. The molecule has 6 heteroatoms. The van der Waals surface area contributed by atoms with Gasteiger partial charge in [-0.05, 0) is 48.2 Å². The zero-order chi connectivity index (χ0) is 20.4. The van der Waals surface area contributed by atoms with Gasteiger partial charge < -0.3 is 14.7 Å². The van der Waals surface area contributed by atoms with E-state index < -0.39 is 0 Å². The van der Waals surface area contributed by atoms with E-state index >= 15 is 0 Å². The van der Waals surface area contributed by atoms with Gasteiger partial charge in [0.2, 0.25) is 0 Å². The monoisotopic (exact) mass is 391 g/mol. The lowest BCUT2D eigenvalue weighted by Gasteiger charge is -2.26. The molecule has 2 N–H and O–H groups in total. The molecule has 1 aliphatic heterocycles. The Labute approximate surface area is 170 Å². The zero-order valence-electron chi connectivity index (χ0n) is 16.7. The van der Waals surface area contributed by atoms with Gasteiger partial charge in [0, 0.05) is 31.4 Å². The van der Waals surface area contributed by atoms with E-state index in [9.17, 15) is 9.90 Å². The summed E-state index contributed by atoms with van der Waals surface area (Å²) in [6, 6.07) is 15.1. The normalized spacial score (nSPS) is 15.7. The number of nitrogens with zero attached hydrogens (tertiary/aromatic N) is 2. The number of aryl methyl sites for hydroxylation is 1. The highest BCUT2D eigenvalue weighted by Crippen LogP contribution is 2.43. The maximum atomic E-state index is 13.2. The minimum Gasteiger partial charge on any atom is -0.508 e. The Balaban J connectivity index is 1.79. The van der Waals surface area contributed by atoms with Crippen LogP contribution in [-0.2, 0) is 11.2 Å². The minimum absolute atomic E-state index is 0.0433. The summed E-state index contributed by atoms with van der Waals surface area (Å²) < 4.78 is 5.19. The molecule has 0 bridgehead atoms. The number of phenols is 1. The summed E-state index contributed by atoms with van der Waals surface area (Å²) in [5.74, 6) is 0.156. The highest BCUT2D eigenvalue weighted by Gasteiger charge is 2.41. The van der Waals surface area contributed by atoms with Crippen molar-refractivity contribution in [1.82, 2.24) is 15.1 Å². The van der Waals surface area contributed by atoms with Gasteiger partial charge in [-0.3, -0.25) is 9.89 Å². The van der Waals surface area contributed by atoms with Gasteiger partial charge in [0.1, 0.15) is 11.4 Å². The fourth-order valence-corrected chi connectivity index (χ4v) is 3.93. The topological polar surface area (TPSA) is 78.5 Å². The van der Waals surface area contributed by atoms with Gasteiger partial charge in [-0.2, -0.15) is 5.10 Å². The molecule has 0 saturated heterocycles. The number of aromatic amines is 1. The average molecular weight is 391 g/mol. The number of rotatable bonds is 7. The van der Waals surface area contributed by atoms with E-state index in [0.717, 1.165) is 35.2 Å². The molecule has 1 unspecified atom stereocenters. The smallest absolute Gasteiger partial charge is 0.273 e. The van der Waals surface area contributed by atoms with Crippen LogP contribution in [0.25, 0.3) is 11.3 Å². The van der Waals surface area contributed by atoms with Crippen LogP contribution in [0.5, 0.6) is 5.75 Å². The molecule has 0 radical (unpaired) electrons. The lowest BCUT2D eigenvalue weighted by molar-refractivity contribution is 0.0723. The summed E-state index contributed by atoms with van der Waals surface area (Å²) in [5.41, 5.74) is 5.36. The number of nitrogens with one attached hydrogen (secondary N) is 1. The van der Waals surface area contributed by atoms with Crippen molar-refractivity contribution in [1.29, 1.82) is 0 Å². The molecule has 1 aliphatic rings. The number of carbonyl (C=O) groups is 1. The van der Waals surface area contributed by atoms with Crippen molar-refractivity contribution in [2.75, 3.05) is 20.3 Å². The number of amides is 1. The van der Waals surface area contributed by atoms with Crippen LogP contribution in [0.15, 0.2) is 48.5 Å². The van der Waals surface area contributed by atoms with E-state index in [-0.39, 0.29) is 17.7 Å². The summed E-state index contributed by atoms with van der Waals surface area (Å²) in [6.07, 6.45) is 1.73. The summed E-state index contributed by atoms with van der Waals surface area (Å²) in [7, 11) is 1.67. The van der Waals surface area contributed by atoms with Crippen LogP contribution in [0.4, 0.5) is 0 Å². The summed E-state index contributed by atoms with van der Waals surface area (Å²) in [4.78, 5) is 15.1. The predicted molar refractivity (Wildman–Crippen MR) is 111 cm³/mol. The molecule has 150 valence electrons. The molecular weight excluding hydrogens is 366 g/mol. The van der Waals surface area contributed by atoms with Crippen molar-refractivity contribution in [3.8, 4) is 17.0 Å². The minimum atomic E-state index is -0.206. The van der Waals surface area contributed by atoms with E-state index in [4.69, 9.17) is 4.74 Å². The first-order valence-corrected chi connectivity index (χ1v) is 9.90. The second-order valence-electron chi connectivity index (χ2n) is 7.25. The number of aromatic nitrogens is 2. The molecule has 4 rings (SSSR count). The Morgan fingerprint density at radius 2 is 1.86 bits per heavy atom. The Morgan fingerprint density at radius 1 is 1.14 bits per heavy atom. The molecule has 29 heavy (non-hydrogen) atoms. The molecule has 0 aliphatic carbocycles. The summed E-state index contributed by atoms with van der Waals surface area (Å²) in [5, 5.41) is 17.0. The third kappa shape index (κ3) is 3.51. The number of H-pyrrole nitrogens is 1. The number of fused-ring (bicyclic) bond motifs is 1. The molecule has 1 aromatic heterocycles. The van der Waals surface area contributed by atoms with Crippen LogP contribution >= 0.6 is 0 Å². The van der Waals surface area contributed by atoms with E-state index in [1.165, 1.54) is 5.56 Å². The van der Waals surface area contributed by atoms with Gasteiger partial charge in [0.25, 0.3) is 5.91 Å². The maximum absolute atomic E-state index is 13.2. The number of carbonyl (C=O) groups excluding carboxylic acids is 1. The third-order valence-corrected chi connectivity index (χ3v) is 5.46. The molecule has 0 saturated carbocycles. The van der Waals surface area contributed by atoms with E-state index in [0.29, 0.717) is 18.8 Å². The fourth-order valence-electron chi connectivity index (χ4n) is 3.93. The molecule has 2 heterocycles. The maximum Gasteiger partial charge on any atom is 0.273 e. The largest absolute Gasteiger partial charge is 0.508 e. The standard InChI is InChI=1S/C23H25N3O3/c1-3-15-5-7-17(8-6-15)22-19-20(16-9-11-18(27)12-10-16)24-25-21(19)23(28)26(22)13-4-14-29-2/h5-12,22,27H,3-4,13-14H2,1-2H3,(H,24,25). The Hall–Kier alpha value is -3.12. The lowest BCUT2D eigenvalue weighted by atomic mass is 9.95. The quantitative estimate of drug-likeness (QED) is 0.598. The van der Waals surface area contributed by atoms with Gasteiger partial charge in [-0.1, -0.05) is 31.2 Å². The number of benzene rings is 2. The lowest BCUT2D eigenvalue weighted by Crippen LogP contribution is -2.31. The van der Waals surface area contributed by atoms with Gasteiger partial charge in [0.05, 0.1) is 11.7 Å². The van der Waals surface area contributed by atoms with E-state index in [1.807, 2.05) is 17.0 Å². The number of methoxy groups -OCH3 is 1. The van der Waals surface area contributed by atoms with Crippen LogP contribution in [0, 0.1) is 0 Å². The second-order valence-corrected chi connectivity index (χ2v) is 7.25. The first-order valence-electron chi connectivity index (χ1n) is 9.90. The number of hydrogen-bond acceptors (Lipinski definition) is 4. The third-order valence-electron chi connectivity index (χ3n) is 5.46. The molecule has 0 fully saturated rings. The Kier molecular flexibility index (Phi) is 5.36. The number of aromatic hydroxyl groups is 1. The Morgan fingerprint density at radius 3 is 2.52 bits per heavy atom. The molecule has 6 nitrogen and oxygen atoms in total. The zero-order valence-corrected chi connectivity index (χ0v) is 16.7. The molecule has 0 spiro atoms.